The van der Waals surface area contributed by atoms with Gasteiger partial charge in [-0.2, -0.15) is 0 Å². The van der Waals surface area contributed by atoms with E-state index in [1.165, 1.54) is 0 Å². The molecule has 36 heavy (non-hydrogen) atoms. The Morgan fingerprint density at radius 1 is 0.972 bits per heavy atom. The lowest BCUT2D eigenvalue weighted by Crippen LogP contribution is -2.60. The van der Waals surface area contributed by atoms with E-state index in [9.17, 15) is 14.4 Å². The summed E-state index contributed by atoms with van der Waals surface area (Å²) in [5.41, 5.74) is 0.552. The number of piperazine rings is 1. The zero-order valence-corrected chi connectivity index (χ0v) is 22.6. The molecule has 0 saturated carbocycles. The number of carbonyl (C=O) groups excluding carboxylic acids is 3. The van der Waals surface area contributed by atoms with Crippen LogP contribution in [0.1, 0.15) is 77.1 Å². The summed E-state index contributed by atoms with van der Waals surface area (Å²) in [6.07, 6.45) is 4.70. The number of rotatable bonds is 10. The zero-order valence-electron chi connectivity index (χ0n) is 22.6. The Morgan fingerprint density at radius 2 is 1.69 bits per heavy atom. The molecule has 3 amide bonds. The van der Waals surface area contributed by atoms with Gasteiger partial charge in [0.25, 0.3) is 5.91 Å². The van der Waals surface area contributed by atoms with Crippen LogP contribution in [0.3, 0.4) is 0 Å². The molecule has 3 rings (SSSR count). The van der Waals surface area contributed by atoms with Crippen LogP contribution in [-0.4, -0.2) is 59.2 Å². The van der Waals surface area contributed by atoms with E-state index in [2.05, 4.69) is 19.2 Å². The molecule has 0 spiro atoms. The molecule has 0 bridgehead atoms. The van der Waals surface area contributed by atoms with Crippen LogP contribution in [0.4, 0.5) is 0 Å². The Kier molecular flexibility index (Phi) is 9.91. The largest absolute Gasteiger partial charge is 0.340 e. The Hall–Kier alpha value is -2.89. The van der Waals surface area contributed by atoms with Crippen LogP contribution in [0.25, 0.3) is 10.8 Å². The molecule has 0 aliphatic carbocycles. The van der Waals surface area contributed by atoms with E-state index >= 15 is 0 Å². The van der Waals surface area contributed by atoms with Gasteiger partial charge in [-0.3, -0.25) is 14.4 Å². The molecule has 1 N–H and O–H groups in total. The maximum atomic E-state index is 13.6. The number of hydrogen-bond acceptors (Lipinski definition) is 3. The molecule has 1 fully saturated rings. The minimum Gasteiger partial charge on any atom is -0.340 e. The molecule has 6 heteroatoms. The van der Waals surface area contributed by atoms with E-state index in [-0.39, 0.29) is 35.6 Å². The summed E-state index contributed by atoms with van der Waals surface area (Å²) < 4.78 is 0. The van der Waals surface area contributed by atoms with Crippen molar-refractivity contribution in [3.63, 3.8) is 0 Å². The SMILES string of the molecule is CCCC[C@H](CC)C(=O)N1CCN(C(=O)[C@H](NC(=O)c2ccc3ccccc3c2)[C@H](C)CC)C[C@H]1C. The first-order chi connectivity index (χ1) is 17.3. The Bertz CT molecular complexity index is 1050. The minimum atomic E-state index is -0.601. The number of carbonyl (C=O) groups is 3. The summed E-state index contributed by atoms with van der Waals surface area (Å²) in [5.74, 6) is -0.0220. The topological polar surface area (TPSA) is 69.7 Å². The minimum absolute atomic E-state index is 0.00427. The molecule has 6 nitrogen and oxygen atoms in total. The number of amides is 3. The van der Waals surface area contributed by atoms with E-state index in [4.69, 9.17) is 0 Å². The molecular formula is C30H43N3O3. The molecule has 196 valence electrons. The van der Waals surface area contributed by atoms with Crippen molar-refractivity contribution in [2.24, 2.45) is 11.8 Å². The molecule has 0 unspecified atom stereocenters. The van der Waals surface area contributed by atoms with Gasteiger partial charge in [-0.1, -0.05) is 77.3 Å². The van der Waals surface area contributed by atoms with Crippen LogP contribution in [-0.2, 0) is 9.59 Å². The van der Waals surface area contributed by atoms with Gasteiger partial charge in [-0.15, -0.1) is 0 Å². The lowest BCUT2D eigenvalue weighted by atomic mass is 9.95. The van der Waals surface area contributed by atoms with Gasteiger partial charge >= 0.3 is 0 Å². The monoisotopic (exact) mass is 493 g/mol. The first-order valence-electron chi connectivity index (χ1n) is 13.7. The molecule has 1 aliphatic rings. The van der Waals surface area contributed by atoms with Gasteiger partial charge in [0.1, 0.15) is 6.04 Å². The van der Waals surface area contributed by atoms with Crippen LogP contribution in [0.2, 0.25) is 0 Å². The number of fused-ring (bicyclic) bond motifs is 1. The van der Waals surface area contributed by atoms with Crippen molar-refractivity contribution < 1.29 is 14.4 Å². The normalized spacial score (nSPS) is 18.5. The van der Waals surface area contributed by atoms with Gasteiger partial charge < -0.3 is 15.1 Å². The predicted octanol–water partition coefficient (Wildman–Crippen LogP) is 5.26. The molecule has 2 aromatic rings. The molecule has 0 radical (unpaired) electrons. The first kappa shape index (κ1) is 27.7. The van der Waals surface area contributed by atoms with E-state index in [0.717, 1.165) is 42.9 Å². The lowest BCUT2D eigenvalue weighted by Gasteiger charge is -2.42. The van der Waals surface area contributed by atoms with Gasteiger partial charge in [0.15, 0.2) is 0 Å². The van der Waals surface area contributed by atoms with Crippen molar-refractivity contribution in [3.8, 4) is 0 Å². The van der Waals surface area contributed by atoms with E-state index in [1.807, 2.05) is 73.0 Å². The van der Waals surface area contributed by atoms with Crippen molar-refractivity contribution in [2.45, 2.75) is 78.8 Å². The maximum Gasteiger partial charge on any atom is 0.251 e. The van der Waals surface area contributed by atoms with Crippen molar-refractivity contribution in [2.75, 3.05) is 19.6 Å². The number of hydrogen-bond donors (Lipinski definition) is 1. The number of unbranched alkanes of at least 4 members (excludes halogenated alkanes) is 1. The fraction of sp³-hybridized carbons (Fsp3) is 0.567. The fourth-order valence-corrected chi connectivity index (χ4v) is 5.11. The zero-order chi connectivity index (χ0) is 26.2. The summed E-state index contributed by atoms with van der Waals surface area (Å²) >= 11 is 0. The summed E-state index contributed by atoms with van der Waals surface area (Å²) in [6, 6.07) is 12.9. The van der Waals surface area contributed by atoms with Crippen LogP contribution < -0.4 is 5.32 Å². The van der Waals surface area contributed by atoms with Gasteiger partial charge in [0, 0.05) is 37.2 Å². The lowest BCUT2D eigenvalue weighted by molar-refractivity contribution is -0.146. The number of nitrogens with one attached hydrogen (secondary N) is 1. The summed E-state index contributed by atoms with van der Waals surface area (Å²) in [7, 11) is 0. The van der Waals surface area contributed by atoms with Crippen LogP contribution >= 0.6 is 0 Å². The van der Waals surface area contributed by atoms with Crippen LogP contribution in [0.5, 0.6) is 0 Å². The number of nitrogens with zero attached hydrogens (tertiary/aromatic N) is 2. The highest BCUT2D eigenvalue weighted by Crippen LogP contribution is 2.22. The molecule has 1 heterocycles. The van der Waals surface area contributed by atoms with Crippen molar-refractivity contribution in [1.29, 1.82) is 0 Å². The average molecular weight is 494 g/mol. The van der Waals surface area contributed by atoms with Gasteiger partial charge in [0.05, 0.1) is 0 Å². The molecule has 4 atom stereocenters. The molecule has 0 aromatic heterocycles. The average Bonchev–Trinajstić information content (AvgIpc) is 2.90. The van der Waals surface area contributed by atoms with E-state index in [0.29, 0.717) is 25.2 Å². The fourth-order valence-electron chi connectivity index (χ4n) is 5.11. The van der Waals surface area contributed by atoms with Crippen molar-refractivity contribution in [1.82, 2.24) is 15.1 Å². The summed E-state index contributed by atoms with van der Waals surface area (Å²) in [4.78, 5) is 43.8. The highest BCUT2D eigenvalue weighted by atomic mass is 16.2. The second-order valence-electron chi connectivity index (χ2n) is 10.3. The third-order valence-corrected chi connectivity index (χ3v) is 7.75. The molecule has 1 saturated heterocycles. The maximum absolute atomic E-state index is 13.6. The Balaban J connectivity index is 1.69. The molecule has 2 aromatic carbocycles. The van der Waals surface area contributed by atoms with Gasteiger partial charge in [-0.25, -0.2) is 0 Å². The van der Waals surface area contributed by atoms with Crippen LogP contribution in [0.15, 0.2) is 42.5 Å². The van der Waals surface area contributed by atoms with Crippen molar-refractivity contribution >= 4 is 28.5 Å². The second-order valence-corrected chi connectivity index (χ2v) is 10.3. The van der Waals surface area contributed by atoms with Crippen LogP contribution in [0, 0.1) is 11.8 Å². The van der Waals surface area contributed by atoms with E-state index in [1.54, 1.807) is 0 Å². The summed E-state index contributed by atoms with van der Waals surface area (Å²) in [6.45, 7) is 11.8. The predicted molar refractivity (Wildman–Crippen MR) is 146 cm³/mol. The number of benzene rings is 2. The Morgan fingerprint density at radius 3 is 2.33 bits per heavy atom. The highest BCUT2D eigenvalue weighted by molar-refractivity contribution is 6.00. The van der Waals surface area contributed by atoms with E-state index < -0.39 is 6.04 Å². The van der Waals surface area contributed by atoms with Gasteiger partial charge in [0.2, 0.25) is 11.8 Å². The molecular weight excluding hydrogens is 450 g/mol. The first-order valence-corrected chi connectivity index (χ1v) is 13.7. The quantitative estimate of drug-likeness (QED) is 0.491. The van der Waals surface area contributed by atoms with Gasteiger partial charge in [-0.05, 0) is 48.6 Å². The summed E-state index contributed by atoms with van der Waals surface area (Å²) in [5, 5.41) is 5.10. The van der Waals surface area contributed by atoms with Crippen molar-refractivity contribution in [3.05, 3.63) is 48.0 Å². The second kappa shape index (κ2) is 12.9. The smallest absolute Gasteiger partial charge is 0.251 e. The third kappa shape index (κ3) is 6.45. The standard InChI is InChI=1S/C30H43N3O3/c1-6-9-12-23(8-3)29(35)33-18-17-32(20-22(33)5)30(36)27(21(4)7-2)31-28(34)26-16-15-24-13-10-11-14-25(24)19-26/h10-11,13-16,19,21-23,27H,6-9,12,17-18,20H2,1-5H3,(H,31,34)/t21-,22-,23+,27-/m1/s1. The Labute approximate surface area is 216 Å². The highest BCUT2D eigenvalue weighted by Gasteiger charge is 2.36. The third-order valence-electron chi connectivity index (χ3n) is 7.75. The molecule has 1 aliphatic heterocycles.